The van der Waals surface area contributed by atoms with Crippen LogP contribution in [-0.2, 0) is 0 Å². The van der Waals surface area contributed by atoms with E-state index in [1.807, 2.05) is 19.1 Å². The van der Waals surface area contributed by atoms with Gasteiger partial charge in [-0.1, -0.05) is 49.8 Å². The van der Waals surface area contributed by atoms with Crippen molar-refractivity contribution in [3.63, 3.8) is 0 Å². The minimum absolute atomic E-state index is 0.0323. The van der Waals surface area contributed by atoms with Gasteiger partial charge in [0.1, 0.15) is 17.1 Å². The summed E-state index contributed by atoms with van der Waals surface area (Å²) < 4.78 is 0. The molecule has 5 nitrogen and oxygen atoms in total. The van der Waals surface area contributed by atoms with Crippen LogP contribution in [0.25, 0.3) is 11.1 Å². The Bertz CT molecular complexity index is 1170. The molecule has 3 N–H and O–H groups in total. The van der Waals surface area contributed by atoms with E-state index in [1.54, 1.807) is 12.1 Å². The van der Waals surface area contributed by atoms with Crippen molar-refractivity contribution in [2.24, 2.45) is 29.1 Å². The predicted molar refractivity (Wildman–Crippen MR) is 130 cm³/mol. The average Bonchev–Trinajstić information content (AvgIpc) is 2.78. The largest absolute Gasteiger partial charge is 0.508 e. The van der Waals surface area contributed by atoms with E-state index in [2.05, 4.69) is 31.8 Å². The number of fused-ring (bicyclic) bond motifs is 1. The summed E-state index contributed by atoms with van der Waals surface area (Å²) in [5, 5.41) is 20.6. The zero-order valence-electron chi connectivity index (χ0n) is 19.8. The summed E-state index contributed by atoms with van der Waals surface area (Å²) in [6, 6.07) is 6.28. The average molecular weight is 448 g/mol. The zero-order valence-corrected chi connectivity index (χ0v) is 19.8. The molecule has 1 fully saturated rings. The van der Waals surface area contributed by atoms with Gasteiger partial charge in [-0.3, -0.25) is 9.59 Å². The van der Waals surface area contributed by atoms with Crippen LogP contribution >= 0.6 is 0 Å². The number of benzene rings is 1. The maximum atomic E-state index is 13.9. The summed E-state index contributed by atoms with van der Waals surface area (Å²) in [5.41, 5.74) is 1.41. The minimum atomic E-state index is -0.587. The van der Waals surface area contributed by atoms with Crippen LogP contribution in [0.5, 0.6) is 11.5 Å². The molecule has 1 aromatic heterocycles. The number of nitrogens with one attached hydrogen (secondary N) is 1. The highest BCUT2D eigenvalue weighted by Gasteiger charge is 2.49. The van der Waals surface area contributed by atoms with Crippen LogP contribution in [0.1, 0.15) is 57.3 Å². The number of phenolic OH excluding ortho intramolecular Hbond substituents is 1. The molecule has 2 aromatic rings. The molecule has 5 atom stereocenters. The van der Waals surface area contributed by atoms with Crippen molar-refractivity contribution in [2.45, 2.75) is 47.0 Å². The van der Waals surface area contributed by atoms with Crippen LogP contribution in [0.2, 0.25) is 0 Å². The lowest BCUT2D eigenvalue weighted by molar-refractivity contribution is 0.0505. The molecule has 4 rings (SSSR count). The van der Waals surface area contributed by atoms with Crippen LogP contribution in [-0.4, -0.2) is 21.0 Å². The number of carbonyl (C=O) groups is 1. The maximum Gasteiger partial charge on any atom is 0.262 e. The van der Waals surface area contributed by atoms with E-state index >= 15 is 0 Å². The van der Waals surface area contributed by atoms with Gasteiger partial charge in [-0.15, -0.1) is 0 Å². The lowest BCUT2D eigenvalue weighted by Crippen LogP contribution is -2.46. The number of hydrogen-bond acceptors (Lipinski definition) is 4. The number of rotatable bonds is 4. The Morgan fingerprint density at radius 3 is 2.58 bits per heavy atom. The smallest absolute Gasteiger partial charge is 0.262 e. The third kappa shape index (κ3) is 3.94. The van der Waals surface area contributed by atoms with Crippen molar-refractivity contribution < 1.29 is 15.0 Å². The zero-order chi connectivity index (χ0) is 23.9. The lowest BCUT2D eigenvalue weighted by atomic mass is 9.52. The number of allylic oxidation sites excluding steroid dienone is 4. The second kappa shape index (κ2) is 8.69. The van der Waals surface area contributed by atoms with Gasteiger partial charge in [-0.05, 0) is 74.0 Å². The summed E-state index contributed by atoms with van der Waals surface area (Å²) in [6.45, 7) is 8.65. The van der Waals surface area contributed by atoms with E-state index < -0.39 is 11.5 Å². The molecule has 174 valence electrons. The molecular formula is C28H33NO4. The number of H-pyrrole nitrogens is 1. The minimum Gasteiger partial charge on any atom is -0.508 e. The second-order valence-electron chi connectivity index (χ2n) is 10.0. The lowest BCUT2D eigenvalue weighted by Gasteiger charge is -2.52. The summed E-state index contributed by atoms with van der Waals surface area (Å²) in [5.74, 6) is -0.213. The highest BCUT2D eigenvalue weighted by molar-refractivity contribution is 6.03. The third-order valence-electron chi connectivity index (χ3n) is 8.05. The van der Waals surface area contributed by atoms with Crippen molar-refractivity contribution in [1.82, 2.24) is 4.98 Å². The van der Waals surface area contributed by atoms with Gasteiger partial charge in [0.25, 0.3) is 5.56 Å². The first-order valence-electron chi connectivity index (χ1n) is 11.8. The van der Waals surface area contributed by atoms with Gasteiger partial charge in [-0.25, -0.2) is 0 Å². The van der Waals surface area contributed by atoms with E-state index in [9.17, 15) is 19.8 Å². The second-order valence-corrected chi connectivity index (χ2v) is 10.0. The van der Waals surface area contributed by atoms with Gasteiger partial charge >= 0.3 is 0 Å². The van der Waals surface area contributed by atoms with Gasteiger partial charge in [0, 0.05) is 17.7 Å². The Kier molecular flexibility index (Phi) is 6.08. The maximum absolute atomic E-state index is 13.9. The van der Waals surface area contributed by atoms with Gasteiger partial charge in [0.15, 0.2) is 5.78 Å². The van der Waals surface area contributed by atoms with Gasteiger partial charge in [0.2, 0.25) is 0 Å². The molecule has 5 heteroatoms. The quantitative estimate of drug-likeness (QED) is 0.405. The molecule has 0 amide bonds. The molecule has 0 saturated heterocycles. The van der Waals surface area contributed by atoms with Gasteiger partial charge in [-0.2, -0.15) is 0 Å². The van der Waals surface area contributed by atoms with Crippen molar-refractivity contribution in [1.29, 1.82) is 0 Å². The Morgan fingerprint density at radius 2 is 1.91 bits per heavy atom. The fourth-order valence-corrected chi connectivity index (χ4v) is 5.94. The SMILES string of the molecule is C/C=C/[C@@H]1[C@H]2C[C@@H](C)CC[C@]2(C)C(C)=C[C@H]1C(=O)c1c(O)c(-c2ccc(O)cc2)c[nH]c1=O. The number of Topliss-reactive ketones (excluding diaryl/α,β-unsaturated/α-hetero) is 1. The topological polar surface area (TPSA) is 90.4 Å². The van der Waals surface area contributed by atoms with Crippen LogP contribution in [0.4, 0.5) is 0 Å². The molecule has 1 aromatic carbocycles. The van der Waals surface area contributed by atoms with Crippen molar-refractivity contribution in [3.8, 4) is 22.6 Å². The monoisotopic (exact) mass is 447 g/mol. The number of ketones is 1. The number of phenols is 1. The summed E-state index contributed by atoms with van der Waals surface area (Å²) >= 11 is 0. The summed E-state index contributed by atoms with van der Waals surface area (Å²) in [4.78, 5) is 29.3. The van der Waals surface area contributed by atoms with Gasteiger partial charge in [0.05, 0.1) is 0 Å². The molecule has 0 spiro atoms. The molecule has 1 heterocycles. The van der Waals surface area contributed by atoms with E-state index in [1.165, 1.54) is 30.3 Å². The molecule has 0 unspecified atom stereocenters. The molecule has 2 aliphatic rings. The van der Waals surface area contributed by atoms with E-state index in [0.29, 0.717) is 23.0 Å². The number of carbonyl (C=O) groups excluding carboxylic acids is 1. The first kappa shape index (κ1) is 23.1. The van der Waals surface area contributed by atoms with Crippen molar-refractivity contribution in [3.05, 3.63) is 70.2 Å². The Hall–Kier alpha value is -3.08. The summed E-state index contributed by atoms with van der Waals surface area (Å²) in [7, 11) is 0. The van der Waals surface area contributed by atoms with E-state index in [-0.39, 0.29) is 34.2 Å². The molecule has 0 bridgehead atoms. The highest BCUT2D eigenvalue weighted by Crippen LogP contribution is 2.56. The summed E-state index contributed by atoms with van der Waals surface area (Å²) in [6.07, 6.45) is 10.9. The third-order valence-corrected chi connectivity index (χ3v) is 8.05. The fraction of sp³-hybridized carbons (Fsp3) is 0.429. The van der Waals surface area contributed by atoms with Crippen LogP contribution in [0.15, 0.2) is 59.1 Å². The Balaban J connectivity index is 1.82. The fourth-order valence-electron chi connectivity index (χ4n) is 5.94. The number of pyridine rings is 1. The molecule has 2 aliphatic carbocycles. The number of hydrogen-bond donors (Lipinski definition) is 3. The van der Waals surface area contributed by atoms with E-state index in [4.69, 9.17) is 0 Å². The Labute approximate surface area is 194 Å². The molecular weight excluding hydrogens is 414 g/mol. The number of aromatic amines is 1. The highest BCUT2D eigenvalue weighted by atomic mass is 16.3. The van der Waals surface area contributed by atoms with Crippen LogP contribution < -0.4 is 5.56 Å². The number of aromatic nitrogens is 1. The van der Waals surface area contributed by atoms with Crippen LogP contribution in [0, 0.1) is 29.1 Å². The number of aromatic hydroxyl groups is 2. The molecule has 1 saturated carbocycles. The van der Waals surface area contributed by atoms with E-state index in [0.717, 1.165) is 12.8 Å². The van der Waals surface area contributed by atoms with Gasteiger partial charge < -0.3 is 15.2 Å². The normalized spacial score (nSPS) is 29.5. The molecule has 0 radical (unpaired) electrons. The Morgan fingerprint density at radius 1 is 1.21 bits per heavy atom. The van der Waals surface area contributed by atoms with Crippen molar-refractivity contribution in [2.75, 3.05) is 0 Å². The standard InChI is InChI=1S/C28H33NO4/c1-5-6-20-21(14-17(3)28(4)12-11-16(2)13-23(20)28)25(31)24-26(32)22(15-29-27(24)33)18-7-9-19(30)10-8-18/h5-10,14-16,20-21,23,30H,11-13H2,1-4H3,(H2,29,32,33)/b6-5+/t16-,20-,21+,23+,28+/m0/s1. The first-order valence-corrected chi connectivity index (χ1v) is 11.8. The van der Waals surface area contributed by atoms with Crippen molar-refractivity contribution >= 4 is 5.78 Å². The predicted octanol–water partition coefficient (Wildman–Crippen LogP) is 5.85. The molecule has 0 aliphatic heterocycles. The molecule has 33 heavy (non-hydrogen) atoms. The van der Waals surface area contributed by atoms with Crippen LogP contribution in [0.3, 0.4) is 0 Å². The first-order chi connectivity index (χ1) is 15.7.